The first-order valence-corrected chi connectivity index (χ1v) is 7.37. The van der Waals surface area contributed by atoms with Gasteiger partial charge in [0.2, 0.25) is 0 Å². The molecule has 0 atom stereocenters. The molecule has 0 fully saturated rings. The number of rotatable bonds is 5. The summed E-state index contributed by atoms with van der Waals surface area (Å²) in [6.07, 6.45) is 0. The first-order chi connectivity index (χ1) is 12.4. The third-order valence-electron chi connectivity index (χ3n) is 3.20. The number of urea groups is 1. The summed E-state index contributed by atoms with van der Waals surface area (Å²) in [7, 11) is 1.21. The normalized spacial score (nSPS) is 9.96. The largest absolute Gasteiger partial charge is 0.468 e. The lowest BCUT2D eigenvalue weighted by Crippen LogP contribution is -2.30. The molecule has 0 spiro atoms. The molecule has 2 aromatic rings. The quantitative estimate of drug-likeness (QED) is 0.711. The van der Waals surface area contributed by atoms with E-state index in [0.717, 1.165) is 12.1 Å². The highest BCUT2D eigenvalue weighted by atomic mass is 19.2. The van der Waals surface area contributed by atoms with E-state index in [-0.39, 0.29) is 17.8 Å². The predicted octanol–water partition coefficient (Wildman–Crippen LogP) is 2.51. The lowest BCUT2D eigenvalue weighted by molar-refractivity contribution is -0.139. The van der Waals surface area contributed by atoms with Crippen LogP contribution in [0.4, 0.5) is 25.0 Å². The van der Waals surface area contributed by atoms with Gasteiger partial charge in [-0.05, 0) is 36.4 Å². The minimum Gasteiger partial charge on any atom is -0.468 e. The Labute approximate surface area is 147 Å². The number of esters is 1. The number of halogens is 2. The zero-order valence-electron chi connectivity index (χ0n) is 13.6. The Bertz CT molecular complexity index is 825. The summed E-state index contributed by atoms with van der Waals surface area (Å²) in [6.45, 7) is -0.258. The molecule has 136 valence electrons. The summed E-state index contributed by atoms with van der Waals surface area (Å²) in [5, 5.41) is 7.20. The van der Waals surface area contributed by atoms with Crippen LogP contribution < -0.4 is 16.0 Å². The van der Waals surface area contributed by atoms with Crippen molar-refractivity contribution in [2.45, 2.75) is 0 Å². The van der Waals surface area contributed by atoms with Crippen LogP contribution in [0.1, 0.15) is 10.4 Å². The predicted molar refractivity (Wildman–Crippen MR) is 89.8 cm³/mol. The van der Waals surface area contributed by atoms with E-state index in [4.69, 9.17) is 0 Å². The summed E-state index contributed by atoms with van der Waals surface area (Å²) < 4.78 is 30.4. The van der Waals surface area contributed by atoms with Crippen LogP contribution in [0.15, 0.2) is 42.5 Å². The number of methoxy groups -OCH3 is 1. The van der Waals surface area contributed by atoms with Gasteiger partial charge in [0.25, 0.3) is 5.91 Å². The molecule has 3 amide bonds. The number of anilines is 2. The Balaban J connectivity index is 1.91. The highest BCUT2D eigenvalue weighted by Gasteiger charge is 2.09. The second kappa shape index (κ2) is 8.56. The minimum atomic E-state index is -1.08. The van der Waals surface area contributed by atoms with Crippen molar-refractivity contribution in [3.8, 4) is 0 Å². The highest BCUT2D eigenvalue weighted by molar-refractivity contribution is 6.00. The van der Waals surface area contributed by atoms with Crippen LogP contribution in [0.2, 0.25) is 0 Å². The monoisotopic (exact) mass is 363 g/mol. The Morgan fingerprint density at radius 3 is 2.15 bits per heavy atom. The van der Waals surface area contributed by atoms with E-state index in [1.54, 1.807) is 0 Å². The van der Waals surface area contributed by atoms with Gasteiger partial charge >= 0.3 is 12.0 Å². The van der Waals surface area contributed by atoms with Gasteiger partial charge in [0, 0.05) is 23.0 Å². The summed E-state index contributed by atoms with van der Waals surface area (Å²) in [5.74, 6) is -3.15. The van der Waals surface area contributed by atoms with Gasteiger partial charge in [-0.2, -0.15) is 0 Å². The summed E-state index contributed by atoms with van der Waals surface area (Å²) in [6, 6.07) is 8.12. The van der Waals surface area contributed by atoms with Gasteiger partial charge in [-0.3, -0.25) is 9.59 Å². The number of benzene rings is 2. The molecular formula is C17H15F2N3O4. The number of carbonyl (C=O) groups excluding carboxylic acids is 3. The van der Waals surface area contributed by atoms with Crippen molar-refractivity contribution < 1.29 is 27.9 Å². The number of hydrogen-bond acceptors (Lipinski definition) is 4. The van der Waals surface area contributed by atoms with E-state index >= 15 is 0 Å². The summed E-state index contributed by atoms with van der Waals surface area (Å²) in [4.78, 5) is 34.6. The Hall–Kier alpha value is -3.49. The molecule has 0 saturated heterocycles. The van der Waals surface area contributed by atoms with Gasteiger partial charge in [-0.1, -0.05) is 0 Å². The molecule has 0 heterocycles. The van der Waals surface area contributed by atoms with Crippen LogP contribution in [-0.2, 0) is 9.53 Å². The highest BCUT2D eigenvalue weighted by Crippen LogP contribution is 2.14. The van der Waals surface area contributed by atoms with Gasteiger partial charge in [-0.25, -0.2) is 13.6 Å². The molecule has 9 heteroatoms. The number of nitrogens with one attached hydrogen (secondary N) is 3. The van der Waals surface area contributed by atoms with Gasteiger partial charge in [0.05, 0.1) is 7.11 Å². The van der Waals surface area contributed by atoms with E-state index in [1.165, 1.54) is 37.4 Å². The molecule has 3 N–H and O–H groups in total. The molecule has 7 nitrogen and oxygen atoms in total. The van der Waals surface area contributed by atoms with Crippen LogP contribution in [0, 0.1) is 11.6 Å². The summed E-state index contributed by atoms with van der Waals surface area (Å²) >= 11 is 0. The average molecular weight is 363 g/mol. The van der Waals surface area contributed by atoms with E-state index in [1.807, 2.05) is 0 Å². The molecule has 2 aromatic carbocycles. The Kier molecular flexibility index (Phi) is 6.20. The first kappa shape index (κ1) is 18.8. The fourth-order valence-electron chi connectivity index (χ4n) is 1.90. The van der Waals surface area contributed by atoms with Crippen LogP contribution >= 0.6 is 0 Å². The molecule has 0 aliphatic heterocycles. The average Bonchev–Trinajstić information content (AvgIpc) is 2.63. The third-order valence-corrected chi connectivity index (χ3v) is 3.20. The number of amides is 3. The third kappa shape index (κ3) is 5.26. The smallest absolute Gasteiger partial charge is 0.325 e. The van der Waals surface area contributed by atoms with Crippen molar-refractivity contribution in [1.82, 2.24) is 5.32 Å². The molecule has 2 rings (SSSR count). The van der Waals surface area contributed by atoms with Crippen molar-refractivity contribution in [3.05, 3.63) is 59.7 Å². The fourth-order valence-corrected chi connectivity index (χ4v) is 1.90. The van der Waals surface area contributed by atoms with Gasteiger partial charge in [0.15, 0.2) is 11.6 Å². The molecule has 26 heavy (non-hydrogen) atoms. The first-order valence-electron chi connectivity index (χ1n) is 7.37. The van der Waals surface area contributed by atoms with Crippen LogP contribution in [-0.4, -0.2) is 31.6 Å². The van der Waals surface area contributed by atoms with Gasteiger partial charge in [0.1, 0.15) is 6.54 Å². The number of ether oxygens (including phenoxy) is 1. The standard InChI is InChI=1S/C17H15F2N3O4/c1-26-15(23)9-20-16(24)10-2-4-11(5-3-10)21-17(25)22-12-6-7-13(18)14(19)8-12/h2-8H,9H2,1H3,(H,20,24)(H2,21,22,25). The minimum absolute atomic E-state index is 0.0835. The molecule has 0 radical (unpaired) electrons. The zero-order valence-corrected chi connectivity index (χ0v) is 13.6. The SMILES string of the molecule is COC(=O)CNC(=O)c1ccc(NC(=O)Nc2ccc(F)c(F)c2)cc1. The van der Waals surface area contributed by atoms with Crippen LogP contribution in [0.5, 0.6) is 0 Å². The lowest BCUT2D eigenvalue weighted by atomic mass is 10.2. The number of hydrogen-bond donors (Lipinski definition) is 3. The second-order valence-electron chi connectivity index (χ2n) is 5.04. The van der Waals surface area contributed by atoms with Crippen molar-refractivity contribution in [2.24, 2.45) is 0 Å². The summed E-state index contributed by atoms with van der Waals surface area (Å²) in [5.41, 5.74) is 0.732. The van der Waals surface area contributed by atoms with Crippen molar-refractivity contribution in [3.63, 3.8) is 0 Å². The van der Waals surface area contributed by atoms with Crippen LogP contribution in [0.3, 0.4) is 0 Å². The lowest BCUT2D eigenvalue weighted by Gasteiger charge is -2.09. The van der Waals surface area contributed by atoms with E-state index in [0.29, 0.717) is 5.69 Å². The van der Waals surface area contributed by atoms with Crippen molar-refractivity contribution in [1.29, 1.82) is 0 Å². The van der Waals surface area contributed by atoms with Gasteiger partial charge < -0.3 is 20.7 Å². The van der Waals surface area contributed by atoms with Crippen LogP contribution in [0.25, 0.3) is 0 Å². The maximum atomic E-state index is 13.1. The van der Waals surface area contributed by atoms with Crippen molar-refractivity contribution in [2.75, 3.05) is 24.3 Å². The number of carbonyl (C=O) groups is 3. The maximum absolute atomic E-state index is 13.1. The molecule has 0 bridgehead atoms. The fraction of sp³-hybridized carbons (Fsp3) is 0.118. The second-order valence-corrected chi connectivity index (χ2v) is 5.04. The maximum Gasteiger partial charge on any atom is 0.325 e. The van der Waals surface area contributed by atoms with E-state index < -0.39 is 29.5 Å². The molecule has 0 saturated carbocycles. The zero-order chi connectivity index (χ0) is 19.1. The van der Waals surface area contributed by atoms with Crippen molar-refractivity contribution >= 4 is 29.3 Å². The Morgan fingerprint density at radius 1 is 0.923 bits per heavy atom. The Morgan fingerprint density at radius 2 is 1.54 bits per heavy atom. The molecular weight excluding hydrogens is 348 g/mol. The topological polar surface area (TPSA) is 96.5 Å². The molecule has 0 unspecified atom stereocenters. The molecule has 0 aliphatic carbocycles. The van der Waals surface area contributed by atoms with E-state index in [9.17, 15) is 23.2 Å². The molecule has 0 aliphatic rings. The van der Waals surface area contributed by atoms with E-state index in [2.05, 4.69) is 20.7 Å². The molecule has 0 aromatic heterocycles. The van der Waals surface area contributed by atoms with Gasteiger partial charge in [-0.15, -0.1) is 0 Å².